The van der Waals surface area contributed by atoms with Gasteiger partial charge in [-0.3, -0.25) is 4.79 Å². The second-order valence-corrected chi connectivity index (χ2v) is 8.21. The van der Waals surface area contributed by atoms with Crippen LogP contribution in [-0.4, -0.2) is 21.5 Å². The van der Waals surface area contributed by atoms with Crippen LogP contribution in [-0.2, 0) is 25.7 Å². The highest BCUT2D eigenvalue weighted by molar-refractivity contribution is 7.89. The van der Waals surface area contributed by atoms with Gasteiger partial charge in [0, 0.05) is 9.90 Å². The van der Waals surface area contributed by atoms with Gasteiger partial charge in [0.15, 0.2) is 0 Å². The van der Waals surface area contributed by atoms with Gasteiger partial charge in [-0.15, -0.1) is 11.3 Å². The van der Waals surface area contributed by atoms with Crippen LogP contribution in [0.3, 0.4) is 0 Å². The molecule has 0 saturated heterocycles. The number of ether oxygens (including phenoxy) is 1. The summed E-state index contributed by atoms with van der Waals surface area (Å²) in [6.07, 6.45) is -5.29. The van der Waals surface area contributed by atoms with Gasteiger partial charge in [0.05, 0.1) is 30.0 Å². The summed E-state index contributed by atoms with van der Waals surface area (Å²) in [5, 5.41) is 1.40. The summed E-state index contributed by atoms with van der Waals surface area (Å²) in [5.74, 6) is -0.710. The van der Waals surface area contributed by atoms with Crippen LogP contribution in [0.4, 0.5) is 13.2 Å². The lowest BCUT2D eigenvalue weighted by molar-refractivity contribution is -0.141. The number of sulfonamides is 1. The largest absolute Gasteiger partial charge is 0.469 e. The summed E-state index contributed by atoms with van der Waals surface area (Å²) in [5.41, 5.74) is -1.39. The van der Waals surface area contributed by atoms with Crippen LogP contribution in [0.2, 0.25) is 5.02 Å². The number of rotatable bonds is 6. The Balaban J connectivity index is 2.44. The number of nitrogens with one attached hydrogen (secondary N) is 1. The first-order valence-electron chi connectivity index (χ1n) is 7.04. The number of esters is 1. The van der Waals surface area contributed by atoms with Gasteiger partial charge < -0.3 is 4.74 Å². The SMILES string of the molecule is COC(=O)C[C@@H](NS(=O)(=O)c1ccc(Cl)cc1C(F)(F)F)c1cccs1. The molecular weight excluding hydrogens is 415 g/mol. The number of carbonyl (C=O) groups is 1. The van der Waals surface area contributed by atoms with Crippen LogP contribution < -0.4 is 4.72 Å². The average molecular weight is 428 g/mol. The van der Waals surface area contributed by atoms with Crippen molar-refractivity contribution < 1.29 is 31.1 Å². The van der Waals surface area contributed by atoms with Crippen molar-refractivity contribution in [3.63, 3.8) is 0 Å². The zero-order valence-corrected chi connectivity index (χ0v) is 15.6. The summed E-state index contributed by atoms with van der Waals surface area (Å²) >= 11 is 6.73. The molecule has 0 aliphatic heterocycles. The maximum Gasteiger partial charge on any atom is 0.417 e. The molecule has 0 bridgehead atoms. The van der Waals surface area contributed by atoms with Crippen molar-refractivity contribution in [2.75, 3.05) is 7.11 Å². The van der Waals surface area contributed by atoms with Gasteiger partial charge in [-0.25, -0.2) is 13.1 Å². The monoisotopic (exact) mass is 427 g/mol. The minimum atomic E-state index is -4.92. The van der Waals surface area contributed by atoms with Crippen molar-refractivity contribution in [1.82, 2.24) is 4.72 Å². The lowest BCUT2D eigenvalue weighted by Crippen LogP contribution is -2.31. The van der Waals surface area contributed by atoms with Crippen LogP contribution >= 0.6 is 22.9 Å². The van der Waals surface area contributed by atoms with Gasteiger partial charge in [-0.1, -0.05) is 17.7 Å². The molecule has 1 heterocycles. The van der Waals surface area contributed by atoms with E-state index in [2.05, 4.69) is 9.46 Å². The minimum absolute atomic E-state index is 0.249. The van der Waals surface area contributed by atoms with Crippen LogP contribution in [0.25, 0.3) is 0 Å². The molecule has 1 N–H and O–H groups in total. The maximum atomic E-state index is 13.2. The average Bonchev–Trinajstić information content (AvgIpc) is 3.07. The molecule has 0 amide bonds. The molecular formula is C15H13ClF3NO4S2. The molecule has 0 aliphatic rings. The third-order valence-electron chi connectivity index (χ3n) is 3.32. The fraction of sp³-hybridized carbons (Fsp3) is 0.267. The fourth-order valence-corrected chi connectivity index (χ4v) is 4.60. The van der Waals surface area contributed by atoms with E-state index in [1.54, 1.807) is 17.5 Å². The highest BCUT2D eigenvalue weighted by Crippen LogP contribution is 2.36. The summed E-state index contributed by atoms with van der Waals surface area (Å²) in [6.45, 7) is 0. The van der Waals surface area contributed by atoms with E-state index in [0.29, 0.717) is 10.9 Å². The first-order chi connectivity index (χ1) is 12.0. The van der Waals surface area contributed by atoms with E-state index in [9.17, 15) is 26.4 Å². The Kier molecular flexibility index (Phi) is 6.33. The van der Waals surface area contributed by atoms with Gasteiger partial charge in [-0.2, -0.15) is 13.2 Å². The molecule has 1 atom stereocenters. The number of carbonyl (C=O) groups excluding carboxylic acids is 1. The van der Waals surface area contributed by atoms with Crippen LogP contribution in [0, 0.1) is 0 Å². The molecule has 1 aromatic carbocycles. The lowest BCUT2D eigenvalue weighted by atomic mass is 10.2. The minimum Gasteiger partial charge on any atom is -0.469 e. The summed E-state index contributed by atoms with van der Waals surface area (Å²) in [4.78, 5) is 11.0. The number of halogens is 4. The quantitative estimate of drug-likeness (QED) is 0.707. The molecule has 2 aromatic rings. The zero-order chi connectivity index (χ0) is 19.5. The van der Waals surface area contributed by atoms with E-state index < -0.39 is 38.7 Å². The number of benzene rings is 1. The number of alkyl halides is 3. The molecule has 11 heteroatoms. The highest BCUT2D eigenvalue weighted by Gasteiger charge is 2.38. The van der Waals surface area contributed by atoms with Crippen molar-refractivity contribution in [3.8, 4) is 0 Å². The van der Waals surface area contributed by atoms with E-state index >= 15 is 0 Å². The third kappa shape index (κ3) is 4.97. The lowest BCUT2D eigenvalue weighted by Gasteiger charge is -2.19. The first kappa shape index (κ1) is 20.7. The molecule has 5 nitrogen and oxygen atoms in total. The van der Waals surface area contributed by atoms with E-state index in [1.807, 2.05) is 0 Å². The van der Waals surface area contributed by atoms with E-state index in [1.165, 1.54) is 0 Å². The summed E-state index contributed by atoms with van der Waals surface area (Å²) in [6, 6.07) is 4.48. The predicted octanol–water partition coefficient (Wildman–Crippen LogP) is 4.00. The molecule has 142 valence electrons. The van der Waals surface area contributed by atoms with E-state index in [-0.39, 0.29) is 11.4 Å². The maximum absolute atomic E-state index is 13.2. The molecule has 0 spiro atoms. The zero-order valence-electron chi connectivity index (χ0n) is 13.2. The Hall–Kier alpha value is -1.62. The van der Waals surface area contributed by atoms with Gasteiger partial charge in [0.25, 0.3) is 0 Å². The van der Waals surface area contributed by atoms with Gasteiger partial charge in [-0.05, 0) is 29.6 Å². The number of methoxy groups -OCH3 is 1. The van der Waals surface area contributed by atoms with Crippen LogP contribution in [0.1, 0.15) is 22.9 Å². The first-order valence-corrected chi connectivity index (χ1v) is 9.78. The second kappa shape index (κ2) is 7.95. The standard InChI is InChI=1S/C15H13ClF3NO4S2/c1-24-14(21)8-11(12-3-2-6-25-12)20-26(22,23)13-5-4-9(16)7-10(13)15(17,18)19/h2-7,11,20H,8H2,1H3/t11-/m1/s1. The Morgan fingerprint density at radius 3 is 2.58 bits per heavy atom. The van der Waals surface area contributed by atoms with Crippen molar-refractivity contribution in [2.24, 2.45) is 0 Å². The van der Waals surface area contributed by atoms with Crippen molar-refractivity contribution >= 4 is 38.9 Å². The molecule has 26 heavy (non-hydrogen) atoms. The fourth-order valence-electron chi connectivity index (χ4n) is 2.15. The van der Waals surface area contributed by atoms with Crippen molar-refractivity contribution in [3.05, 3.63) is 51.2 Å². The molecule has 0 fully saturated rings. The molecule has 0 aliphatic carbocycles. The number of thiophene rings is 1. The summed E-state index contributed by atoms with van der Waals surface area (Å²) in [7, 11) is -3.47. The predicted molar refractivity (Wildman–Crippen MR) is 90.5 cm³/mol. The van der Waals surface area contributed by atoms with E-state index in [0.717, 1.165) is 30.6 Å². The molecule has 2 rings (SSSR count). The number of hydrogen-bond donors (Lipinski definition) is 1. The molecule has 0 radical (unpaired) electrons. The Labute approximate surface area is 156 Å². The van der Waals surface area contributed by atoms with Crippen LogP contribution in [0.5, 0.6) is 0 Å². The normalized spacial score (nSPS) is 13.4. The summed E-state index contributed by atoms with van der Waals surface area (Å²) < 4.78 is 71.5. The Morgan fingerprint density at radius 2 is 2.04 bits per heavy atom. The topological polar surface area (TPSA) is 72.5 Å². The van der Waals surface area contributed by atoms with Crippen molar-refractivity contribution in [2.45, 2.75) is 23.5 Å². The highest BCUT2D eigenvalue weighted by atomic mass is 35.5. The van der Waals surface area contributed by atoms with Gasteiger partial charge in [0.1, 0.15) is 0 Å². The second-order valence-electron chi connectivity index (χ2n) is 5.11. The Morgan fingerprint density at radius 1 is 1.35 bits per heavy atom. The Bertz CT molecular complexity index is 883. The third-order valence-corrected chi connectivity index (χ3v) is 6.07. The van der Waals surface area contributed by atoms with Crippen LogP contribution in [0.15, 0.2) is 40.6 Å². The number of hydrogen-bond acceptors (Lipinski definition) is 5. The van der Waals surface area contributed by atoms with Gasteiger partial charge in [0.2, 0.25) is 10.0 Å². The molecule has 0 unspecified atom stereocenters. The molecule has 1 aromatic heterocycles. The van der Waals surface area contributed by atoms with Gasteiger partial charge >= 0.3 is 12.1 Å². The van der Waals surface area contributed by atoms with E-state index in [4.69, 9.17) is 11.6 Å². The smallest absolute Gasteiger partial charge is 0.417 e. The molecule has 0 saturated carbocycles. The van der Waals surface area contributed by atoms with Crippen molar-refractivity contribution in [1.29, 1.82) is 0 Å².